The van der Waals surface area contributed by atoms with Gasteiger partial charge < -0.3 is 15.2 Å². The molecule has 6 heteroatoms. The molecule has 0 aromatic carbocycles. The lowest BCUT2D eigenvalue weighted by Crippen LogP contribution is -2.07. The van der Waals surface area contributed by atoms with Crippen LogP contribution in [0.5, 0.6) is 0 Å². The van der Waals surface area contributed by atoms with E-state index in [1.165, 1.54) is 0 Å². The molecule has 0 atom stereocenters. The number of rotatable bonds is 7. The van der Waals surface area contributed by atoms with E-state index in [4.69, 9.17) is 9.84 Å². The first kappa shape index (κ1) is 11.9. The second-order valence-electron chi connectivity index (χ2n) is 2.59. The van der Waals surface area contributed by atoms with E-state index in [9.17, 15) is 0 Å². The molecular formula is C8H13BrN2O2S. The number of nitrogens with one attached hydrogen (secondary N) is 1. The Balaban J connectivity index is 1.99. The van der Waals surface area contributed by atoms with Gasteiger partial charge in [0.2, 0.25) is 0 Å². The number of ether oxygens (including phenoxy) is 1. The second-order valence-corrected chi connectivity index (χ2v) is 4.26. The fraction of sp³-hybridized carbons (Fsp3) is 0.625. The van der Waals surface area contributed by atoms with Crippen molar-refractivity contribution < 1.29 is 9.84 Å². The van der Waals surface area contributed by atoms with Gasteiger partial charge in [-0.3, -0.25) is 0 Å². The maximum absolute atomic E-state index is 8.45. The summed E-state index contributed by atoms with van der Waals surface area (Å²) >= 11 is 4.85. The van der Waals surface area contributed by atoms with Crippen LogP contribution in [0.1, 0.15) is 6.42 Å². The molecule has 1 heterocycles. The quantitative estimate of drug-likeness (QED) is 0.747. The van der Waals surface area contributed by atoms with Gasteiger partial charge >= 0.3 is 0 Å². The van der Waals surface area contributed by atoms with Crippen molar-refractivity contribution in [3.8, 4) is 0 Å². The Morgan fingerprint density at radius 1 is 1.57 bits per heavy atom. The zero-order valence-corrected chi connectivity index (χ0v) is 10.1. The van der Waals surface area contributed by atoms with Crippen molar-refractivity contribution in [2.24, 2.45) is 0 Å². The van der Waals surface area contributed by atoms with Crippen LogP contribution in [0.2, 0.25) is 0 Å². The molecule has 1 aromatic heterocycles. The first-order valence-corrected chi connectivity index (χ1v) is 6.03. The molecule has 0 aliphatic carbocycles. The van der Waals surface area contributed by atoms with Crippen LogP contribution in [0, 0.1) is 0 Å². The average molecular weight is 281 g/mol. The van der Waals surface area contributed by atoms with Crippen molar-refractivity contribution in [2.75, 3.05) is 31.7 Å². The summed E-state index contributed by atoms with van der Waals surface area (Å²) in [6, 6.07) is 0. The summed E-state index contributed by atoms with van der Waals surface area (Å²) in [5.74, 6) is 0. The van der Waals surface area contributed by atoms with Gasteiger partial charge in [0.25, 0.3) is 0 Å². The average Bonchev–Trinajstić information content (AvgIpc) is 2.58. The molecule has 1 aromatic rings. The van der Waals surface area contributed by atoms with E-state index in [-0.39, 0.29) is 6.61 Å². The Kier molecular flexibility index (Phi) is 6.09. The molecule has 0 amide bonds. The van der Waals surface area contributed by atoms with Crippen LogP contribution < -0.4 is 5.32 Å². The van der Waals surface area contributed by atoms with Crippen LogP contribution >= 0.6 is 27.3 Å². The second kappa shape index (κ2) is 7.17. The minimum absolute atomic E-state index is 0.0901. The summed E-state index contributed by atoms with van der Waals surface area (Å²) in [6.07, 6.45) is 0.914. The molecule has 0 aliphatic rings. The van der Waals surface area contributed by atoms with Gasteiger partial charge in [-0.25, -0.2) is 4.98 Å². The highest BCUT2D eigenvalue weighted by Gasteiger charge is 1.97. The summed E-state index contributed by atoms with van der Waals surface area (Å²) in [6.45, 7) is 2.02. The lowest BCUT2D eigenvalue weighted by Gasteiger charge is -2.02. The lowest BCUT2D eigenvalue weighted by atomic mass is 10.4. The summed E-state index contributed by atoms with van der Waals surface area (Å²) in [4.78, 5) is 4.19. The smallest absolute Gasteiger partial charge is 0.183 e. The van der Waals surface area contributed by atoms with Crippen molar-refractivity contribution in [3.05, 3.63) is 9.98 Å². The molecule has 1 rings (SSSR count). The number of halogens is 1. The lowest BCUT2D eigenvalue weighted by molar-refractivity contribution is 0.0922. The van der Waals surface area contributed by atoms with Gasteiger partial charge in [-0.15, -0.1) is 11.3 Å². The molecule has 4 nitrogen and oxygen atoms in total. The van der Waals surface area contributed by atoms with Crippen molar-refractivity contribution in [3.63, 3.8) is 0 Å². The van der Waals surface area contributed by atoms with E-state index < -0.39 is 0 Å². The van der Waals surface area contributed by atoms with Crippen molar-refractivity contribution in [1.29, 1.82) is 0 Å². The fourth-order valence-electron chi connectivity index (χ4n) is 0.872. The molecule has 0 fully saturated rings. The fourth-order valence-corrected chi connectivity index (χ4v) is 2.04. The number of nitrogens with zero attached hydrogens (tertiary/aromatic N) is 1. The molecule has 0 radical (unpaired) electrons. The maximum atomic E-state index is 8.45. The number of thiazole rings is 1. The maximum Gasteiger partial charge on any atom is 0.183 e. The summed E-state index contributed by atoms with van der Waals surface area (Å²) in [5, 5.41) is 14.5. The third-order valence-electron chi connectivity index (χ3n) is 1.45. The van der Waals surface area contributed by atoms with Crippen LogP contribution in [-0.2, 0) is 4.74 Å². The predicted octanol–water partition coefficient (Wildman–Crippen LogP) is 1.72. The summed E-state index contributed by atoms with van der Waals surface area (Å²) in [5.41, 5.74) is 0. The number of aliphatic hydroxyl groups excluding tert-OH is 1. The van der Waals surface area contributed by atoms with Crippen LogP contribution in [0.15, 0.2) is 9.98 Å². The third kappa shape index (κ3) is 4.90. The van der Waals surface area contributed by atoms with Crippen molar-refractivity contribution in [1.82, 2.24) is 4.98 Å². The summed E-state index contributed by atoms with van der Waals surface area (Å²) in [7, 11) is 0. The monoisotopic (exact) mass is 280 g/mol. The number of aromatic nitrogens is 1. The van der Waals surface area contributed by atoms with Crippen molar-refractivity contribution in [2.45, 2.75) is 6.42 Å². The van der Waals surface area contributed by atoms with E-state index in [1.54, 1.807) is 11.3 Å². The largest absolute Gasteiger partial charge is 0.394 e. The predicted molar refractivity (Wildman–Crippen MR) is 60.8 cm³/mol. The van der Waals surface area contributed by atoms with Crippen LogP contribution in [0.25, 0.3) is 0 Å². The number of hydrogen-bond donors (Lipinski definition) is 2. The molecule has 0 unspecified atom stereocenters. The number of hydrogen-bond acceptors (Lipinski definition) is 5. The highest BCUT2D eigenvalue weighted by Crippen LogP contribution is 2.18. The third-order valence-corrected chi connectivity index (χ3v) is 2.96. The summed E-state index contributed by atoms with van der Waals surface area (Å²) < 4.78 is 5.97. The molecule has 80 valence electrons. The molecule has 0 saturated heterocycles. The Hall–Kier alpha value is -0.170. The SMILES string of the molecule is OCCOCCCNc1nc(Br)cs1. The molecule has 2 N–H and O–H groups in total. The molecule has 0 bridgehead atoms. The number of aliphatic hydroxyl groups is 1. The Bertz CT molecular complexity index is 257. The molecule has 14 heavy (non-hydrogen) atoms. The van der Waals surface area contributed by atoms with E-state index in [1.807, 2.05) is 5.38 Å². The van der Waals surface area contributed by atoms with Gasteiger partial charge in [0, 0.05) is 18.5 Å². The molecule has 0 saturated carbocycles. The van der Waals surface area contributed by atoms with Crippen LogP contribution in [0.3, 0.4) is 0 Å². The van der Waals surface area contributed by atoms with Gasteiger partial charge in [-0.05, 0) is 22.4 Å². The Labute approximate surface area is 95.4 Å². The highest BCUT2D eigenvalue weighted by atomic mass is 79.9. The van der Waals surface area contributed by atoms with Gasteiger partial charge in [-0.1, -0.05) is 0 Å². The molecular weight excluding hydrogens is 268 g/mol. The number of anilines is 1. The van der Waals surface area contributed by atoms with E-state index in [0.29, 0.717) is 13.2 Å². The Morgan fingerprint density at radius 3 is 3.07 bits per heavy atom. The minimum atomic E-state index is 0.0901. The van der Waals surface area contributed by atoms with E-state index in [0.717, 1.165) is 22.7 Å². The van der Waals surface area contributed by atoms with Crippen LogP contribution in [-0.4, -0.2) is 36.5 Å². The highest BCUT2D eigenvalue weighted by molar-refractivity contribution is 9.10. The minimum Gasteiger partial charge on any atom is -0.394 e. The van der Waals surface area contributed by atoms with Gasteiger partial charge in [0.1, 0.15) is 4.60 Å². The van der Waals surface area contributed by atoms with Crippen molar-refractivity contribution >= 4 is 32.4 Å². The van der Waals surface area contributed by atoms with Gasteiger partial charge in [-0.2, -0.15) is 0 Å². The Morgan fingerprint density at radius 2 is 2.43 bits per heavy atom. The standard InChI is InChI=1S/C8H13BrN2O2S/c9-7-6-14-8(11-7)10-2-1-4-13-5-3-12/h6,12H,1-5H2,(H,10,11). The molecule has 0 aliphatic heterocycles. The zero-order valence-electron chi connectivity index (χ0n) is 7.70. The van der Waals surface area contributed by atoms with Crippen LogP contribution in [0.4, 0.5) is 5.13 Å². The van der Waals surface area contributed by atoms with Gasteiger partial charge in [0.15, 0.2) is 5.13 Å². The molecule has 0 spiro atoms. The first-order valence-electron chi connectivity index (χ1n) is 4.36. The normalized spacial score (nSPS) is 10.4. The van der Waals surface area contributed by atoms with E-state index >= 15 is 0 Å². The van der Waals surface area contributed by atoms with Gasteiger partial charge in [0.05, 0.1) is 13.2 Å². The van der Waals surface area contributed by atoms with E-state index in [2.05, 4.69) is 26.2 Å². The zero-order chi connectivity index (χ0) is 10.2. The topological polar surface area (TPSA) is 54.4 Å². The first-order chi connectivity index (χ1) is 6.83.